The van der Waals surface area contributed by atoms with Gasteiger partial charge in [0.1, 0.15) is 5.75 Å². The summed E-state index contributed by atoms with van der Waals surface area (Å²) in [6.07, 6.45) is 0.410. The quantitative estimate of drug-likeness (QED) is 0.857. The van der Waals surface area contributed by atoms with E-state index in [-0.39, 0.29) is 12.0 Å². The number of methoxy groups -OCH3 is 1. The first-order valence-corrected chi connectivity index (χ1v) is 7.92. The smallest absolute Gasteiger partial charge is 0.409 e. The number of carbonyl (C=O) groups is 2. The Morgan fingerprint density at radius 2 is 1.83 bits per heavy atom. The van der Waals surface area contributed by atoms with Gasteiger partial charge >= 0.3 is 6.09 Å². The van der Waals surface area contributed by atoms with Crippen molar-refractivity contribution in [2.75, 3.05) is 39.9 Å². The predicted octanol–water partition coefficient (Wildman–Crippen LogP) is 2.31. The van der Waals surface area contributed by atoms with Crippen LogP contribution in [0.4, 0.5) is 4.79 Å². The molecule has 2 rings (SSSR count). The molecular weight excluding hydrogens is 296 g/mol. The summed E-state index contributed by atoms with van der Waals surface area (Å²) in [5.74, 6) is 0.791. The van der Waals surface area contributed by atoms with Crippen LogP contribution in [0, 0.1) is 6.92 Å². The first-order valence-electron chi connectivity index (χ1n) is 7.92. The van der Waals surface area contributed by atoms with Crippen LogP contribution < -0.4 is 4.74 Å². The van der Waals surface area contributed by atoms with Crippen LogP contribution >= 0.6 is 0 Å². The van der Waals surface area contributed by atoms with E-state index in [4.69, 9.17) is 9.47 Å². The van der Waals surface area contributed by atoms with Crippen molar-refractivity contribution in [2.45, 2.75) is 20.3 Å². The maximum absolute atomic E-state index is 12.7. The lowest BCUT2D eigenvalue weighted by atomic mass is 10.1. The molecule has 0 radical (unpaired) electrons. The summed E-state index contributed by atoms with van der Waals surface area (Å²) < 4.78 is 10.3. The summed E-state index contributed by atoms with van der Waals surface area (Å²) in [6.45, 7) is 6.72. The standard InChI is InChI=1S/C17H24N2O4/c1-4-23-15-7-6-14(12-13(15)2)16(20)18-8-5-9-19(11-10-18)17(21)22-3/h6-7,12H,4-5,8-11H2,1-3H3. The van der Waals surface area contributed by atoms with Gasteiger partial charge in [0.2, 0.25) is 0 Å². The molecule has 1 aromatic carbocycles. The molecule has 1 aromatic rings. The minimum absolute atomic E-state index is 0.0112. The topological polar surface area (TPSA) is 59.1 Å². The van der Waals surface area contributed by atoms with Crippen molar-refractivity contribution in [3.63, 3.8) is 0 Å². The second kappa shape index (κ2) is 7.85. The Balaban J connectivity index is 2.05. The first-order chi connectivity index (χ1) is 11.1. The molecule has 0 atom stereocenters. The Morgan fingerprint density at radius 1 is 1.13 bits per heavy atom. The van der Waals surface area contributed by atoms with Gasteiger partial charge in [-0.1, -0.05) is 0 Å². The van der Waals surface area contributed by atoms with E-state index in [1.807, 2.05) is 26.0 Å². The Hall–Kier alpha value is -2.24. The molecule has 1 aliphatic rings. The third-order valence-electron chi connectivity index (χ3n) is 3.94. The first kappa shape index (κ1) is 17.1. The summed E-state index contributed by atoms with van der Waals surface area (Å²) in [5.41, 5.74) is 1.60. The van der Waals surface area contributed by atoms with E-state index in [0.717, 1.165) is 17.7 Å². The van der Waals surface area contributed by atoms with E-state index in [0.29, 0.717) is 38.3 Å². The van der Waals surface area contributed by atoms with Crippen molar-refractivity contribution >= 4 is 12.0 Å². The monoisotopic (exact) mass is 320 g/mol. The van der Waals surface area contributed by atoms with Gasteiger partial charge in [-0.2, -0.15) is 0 Å². The zero-order chi connectivity index (χ0) is 16.8. The van der Waals surface area contributed by atoms with Gasteiger partial charge in [0, 0.05) is 31.7 Å². The van der Waals surface area contributed by atoms with E-state index >= 15 is 0 Å². The Kier molecular flexibility index (Phi) is 5.84. The maximum Gasteiger partial charge on any atom is 0.409 e. The van der Waals surface area contributed by atoms with Crippen LogP contribution in [-0.2, 0) is 4.74 Å². The fourth-order valence-electron chi connectivity index (χ4n) is 2.71. The van der Waals surface area contributed by atoms with Crippen LogP contribution in [0.1, 0.15) is 29.3 Å². The Morgan fingerprint density at radius 3 is 2.48 bits per heavy atom. The van der Waals surface area contributed by atoms with Crippen LogP contribution in [0.15, 0.2) is 18.2 Å². The zero-order valence-corrected chi connectivity index (χ0v) is 14.0. The molecule has 0 aliphatic carbocycles. The van der Waals surface area contributed by atoms with Crippen molar-refractivity contribution in [1.82, 2.24) is 9.80 Å². The highest BCUT2D eigenvalue weighted by Crippen LogP contribution is 2.20. The second-order valence-corrected chi connectivity index (χ2v) is 5.52. The molecule has 1 saturated heterocycles. The fraction of sp³-hybridized carbons (Fsp3) is 0.529. The molecule has 0 spiro atoms. The van der Waals surface area contributed by atoms with Crippen molar-refractivity contribution in [3.05, 3.63) is 29.3 Å². The lowest BCUT2D eigenvalue weighted by Crippen LogP contribution is -2.37. The fourth-order valence-corrected chi connectivity index (χ4v) is 2.71. The average Bonchev–Trinajstić information content (AvgIpc) is 2.81. The van der Waals surface area contributed by atoms with E-state index in [1.165, 1.54) is 7.11 Å². The molecule has 0 bridgehead atoms. The number of amides is 2. The van der Waals surface area contributed by atoms with E-state index in [9.17, 15) is 9.59 Å². The second-order valence-electron chi connectivity index (χ2n) is 5.52. The summed E-state index contributed by atoms with van der Waals surface area (Å²) in [4.78, 5) is 27.7. The Labute approximate surface area is 137 Å². The van der Waals surface area contributed by atoms with Gasteiger partial charge in [0.15, 0.2) is 0 Å². The molecule has 0 aromatic heterocycles. The number of benzene rings is 1. The molecule has 126 valence electrons. The largest absolute Gasteiger partial charge is 0.494 e. The number of hydrogen-bond donors (Lipinski definition) is 0. The lowest BCUT2D eigenvalue weighted by molar-refractivity contribution is 0.0757. The molecule has 6 heteroatoms. The van der Waals surface area contributed by atoms with Crippen molar-refractivity contribution in [1.29, 1.82) is 0 Å². The summed E-state index contributed by atoms with van der Waals surface area (Å²) in [6, 6.07) is 5.49. The maximum atomic E-state index is 12.7. The summed E-state index contributed by atoms with van der Waals surface area (Å²) in [7, 11) is 1.37. The lowest BCUT2D eigenvalue weighted by Gasteiger charge is -2.22. The number of rotatable bonds is 3. The molecule has 2 amide bonds. The van der Waals surface area contributed by atoms with Gasteiger partial charge in [-0.25, -0.2) is 4.79 Å². The SMILES string of the molecule is CCOc1ccc(C(=O)N2CCCN(C(=O)OC)CC2)cc1C. The highest BCUT2D eigenvalue weighted by molar-refractivity contribution is 5.94. The van der Waals surface area contributed by atoms with Gasteiger partial charge < -0.3 is 19.3 Å². The normalized spacial score (nSPS) is 15.1. The molecule has 1 aliphatic heterocycles. The van der Waals surface area contributed by atoms with Crippen LogP contribution in [0.2, 0.25) is 0 Å². The summed E-state index contributed by atoms with van der Waals surface area (Å²) >= 11 is 0. The highest BCUT2D eigenvalue weighted by atomic mass is 16.5. The number of aryl methyl sites for hydroxylation is 1. The molecule has 0 unspecified atom stereocenters. The van der Waals surface area contributed by atoms with E-state index < -0.39 is 0 Å². The summed E-state index contributed by atoms with van der Waals surface area (Å²) in [5, 5.41) is 0. The molecule has 0 saturated carbocycles. The van der Waals surface area contributed by atoms with Crippen LogP contribution in [0.25, 0.3) is 0 Å². The van der Waals surface area contributed by atoms with Crippen LogP contribution in [0.5, 0.6) is 5.75 Å². The van der Waals surface area contributed by atoms with Crippen molar-refractivity contribution < 1.29 is 19.1 Å². The number of ether oxygens (including phenoxy) is 2. The van der Waals surface area contributed by atoms with Crippen molar-refractivity contribution in [2.24, 2.45) is 0 Å². The molecule has 23 heavy (non-hydrogen) atoms. The van der Waals surface area contributed by atoms with E-state index in [1.54, 1.807) is 15.9 Å². The molecule has 0 N–H and O–H groups in total. The van der Waals surface area contributed by atoms with Gasteiger partial charge in [-0.15, -0.1) is 0 Å². The molecule has 1 heterocycles. The minimum Gasteiger partial charge on any atom is -0.494 e. The average molecular weight is 320 g/mol. The third kappa shape index (κ3) is 4.15. The van der Waals surface area contributed by atoms with E-state index in [2.05, 4.69) is 0 Å². The minimum atomic E-state index is -0.337. The number of hydrogen-bond acceptors (Lipinski definition) is 4. The molecular formula is C17H24N2O4. The molecule has 1 fully saturated rings. The zero-order valence-electron chi connectivity index (χ0n) is 14.0. The molecule has 6 nitrogen and oxygen atoms in total. The van der Waals surface area contributed by atoms with Gasteiger partial charge in [0.05, 0.1) is 13.7 Å². The van der Waals surface area contributed by atoms with Crippen LogP contribution in [-0.4, -0.2) is 61.7 Å². The number of nitrogens with zero attached hydrogens (tertiary/aromatic N) is 2. The predicted molar refractivity (Wildman–Crippen MR) is 86.8 cm³/mol. The van der Waals surface area contributed by atoms with Gasteiger partial charge in [0.25, 0.3) is 5.91 Å². The Bertz CT molecular complexity index is 574. The van der Waals surface area contributed by atoms with Crippen molar-refractivity contribution in [3.8, 4) is 5.75 Å². The van der Waals surface area contributed by atoms with Gasteiger partial charge in [-0.05, 0) is 44.0 Å². The van der Waals surface area contributed by atoms with Gasteiger partial charge in [-0.3, -0.25) is 4.79 Å². The van der Waals surface area contributed by atoms with Crippen LogP contribution in [0.3, 0.4) is 0 Å². The number of carbonyl (C=O) groups excluding carboxylic acids is 2. The highest BCUT2D eigenvalue weighted by Gasteiger charge is 2.23. The third-order valence-corrected chi connectivity index (χ3v) is 3.94.